The topological polar surface area (TPSA) is 138 Å². The van der Waals surface area contributed by atoms with Gasteiger partial charge in [-0.15, -0.1) is 6.58 Å². The van der Waals surface area contributed by atoms with Crippen LogP contribution < -0.4 is 20.1 Å². The molecule has 2 aromatic heterocycles. The summed E-state index contributed by atoms with van der Waals surface area (Å²) in [4.78, 5) is 23.1. The van der Waals surface area contributed by atoms with Crippen molar-refractivity contribution in [3.63, 3.8) is 0 Å². The molecule has 0 aliphatic rings. The Bertz CT molecular complexity index is 1480. The minimum atomic E-state index is -0.787. The number of ether oxygens (including phenoxy) is 2. The number of hydrogen-bond donors (Lipinski definition) is 4. The zero-order valence-corrected chi connectivity index (χ0v) is 22.5. The molecule has 2 aromatic carbocycles. The summed E-state index contributed by atoms with van der Waals surface area (Å²) in [6, 6.07) is 7.95. The first kappa shape index (κ1) is 29.4. The maximum absolute atomic E-state index is 13.4. The Balaban J connectivity index is 1.40. The Kier molecular flexibility index (Phi) is 10.1. The number of aliphatic hydroxyl groups excluding tert-OH is 1. The molecule has 0 saturated carbocycles. The number of carbonyl (C=O) groups excluding carboxylic acids is 1. The Morgan fingerprint density at radius 1 is 1.12 bits per heavy atom. The largest absolute Gasteiger partial charge is 0.493 e. The average molecular weight is 568 g/mol. The molecule has 41 heavy (non-hydrogen) atoms. The fourth-order valence-corrected chi connectivity index (χ4v) is 4.17. The van der Waals surface area contributed by atoms with Gasteiger partial charge in [0.1, 0.15) is 23.8 Å². The Morgan fingerprint density at radius 3 is 2.66 bits per heavy atom. The number of halogens is 2. The van der Waals surface area contributed by atoms with E-state index in [1.54, 1.807) is 31.4 Å². The summed E-state index contributed by atoms with van der Waals surface area (Å²) < 4.78 is 38.3. The van der Waals surface area contributed by atoms with Gasteiger partial charge in [0.05, 0.1) is 32.3 Å². The number of aliphatic hydroxyl groups is 1. The van der Waals surface area contributed by atoms with Gasteiger partial charge in [-0.1, -0.05) is 6.08 Å². The number of anilines is 3. The van der Waals surface area contributed by atoms with Crippen LogP contribution in [0.3, 0.4) is 0 Å². The van der Waals surface area contributed by atoms with Crippen molar-refractivity contribution >= 4 is 34.1 Å². The predicted octanol–water partition coefficient (Wildman–Crippen LogP) is 3.81. The molecule has 0 aliphatic carbocycles. The number of methoxy groups -OCH3 is 1. The summed E-state index contributed by atoms with van der Waals surface area (Å²) in [5.41, 5.74) is 1.11. The first-order valence-electron chi connectivity index (χ1n) is 12.9. The molecule has 0 spiro atoms. The monoisotopic (exact) mass is 567 g/mol. The van der Waals surface area contributed by atoms with Crippen LogP contribution in [0.5, 0.6) is 11.5 Å². The third-order valence-electron chi connectivity index (χ3n) is 5.98. The molecule has 13 heteroatoms. The van der Waals surface area contributed by atoms with E-state index < -0.39 is 17.5 Å². The normalized spacial score (nSPS) is 11.0. The molecule has 0 fully saturated rings. The summed E-state index contributed by atoms with van der Waals surface area (Å²) in [5.74, 6) is -0.152. The Labute approximate surface area is 235 Å². The molecule has 4 aromatic rings. The smallest absolute Gasteiger partial charge is 0.230 e. The highest BCUT2D eigenvalue weighted by atomic mass is 19.1. The highest BCUT2D eigenvalue weighted by Gasteiger charge is 2.14. The number of benzene rings is 2. The van der Waals surface area contributed by atoms with Gasteiger partial charge < -0.3 is 25.2 Å². The van der Waals surface area contributed by atoms with Gasteiger partial charge >= 0.3 is 0 Å². The van der Waals surface area contributed by atoms with Gasteiger partial charge in [0.25, 0.3) is 0 Å². The van der Waals surface area contributed by atoms with Gasteiger partial charge in [-0.25, -0.2) is 18.7 Å². The molecule has 0 bridgehead atoms. The Morgan fingerprint density at radius 2 is 1.93 bits per heavy atom. The zero-order valence-electron chi connectivity index (χ0n) is 22.5. The molecule has 4 N–H and O–H groups in total. The molecule has 11 nitrogen and oxygen atoms in total. The molecule has 0 aliphatic heterocycles. The standard InChI is InChI=1S/C28H31F2N7O4/c1-3-5-37(7-8-38)6-4-9-41-25-16-23-22(15-24(25)40-2)28(32-17-31-23)34-26-13-21(35-36-26)14-27(39)33-20-11-18(29)10-19(30)12-20/h3,10-13,15-17,38H,1,4-9,14H2,2H3,(H,33,39)(H2,31,32,34,35,36). The first-order valence-corrected chi connectivity index (χ1v) is 12.9. The molecule has 0 atom stereocenters. The van der Waals surface area contributed by atoms with Crippen LogP contribution in [-0.2, 0) is 11.2 Å². The average Bonchev–Trinajstić information content (AvgIpc) is 3.36. The van der Waals surface area contributed by atoms with Crippen molar-refractivity contribution in [1.29, 1.82) is 0 Å². The molecule has 1 amide bonds. The van der Waals surface area contributed by atoms with Crippen molar-refractivity contribution in [2.45, 2.75) is 12.8 Å². The van der Waals surface area contributed by atoms with Gasteiger partial charge in [-0.05, 0) is 24.6 Å². The van der Waals surface area contributed by atoms with E-state index in [1.807, 2.05) is 0 Å². The van der Waals surface area contributed by atoms with Crippen molar-refractivity contribution in [1.82, 2.24) is 25.1 Å². The van der Waals surface area contributed by atoms with E-state index in [0.29, 0.717) is 59.4 Å². The number of fused-ring (bicyclic) bond motifs is 1. The first-order chi connectivity index (χ1) is 19.9. The number of H-pyrrole nitrogens is 1. The second kappa shape index (κ2) is 14.1. The summed E-state index contributed by atoms with van der Waals surface area (Å²) >= 11 is 0. The lowest BCUT2D eigenvalue weighted by molar-refractivity contribution is -0.115. The maximum Gasteiger partial charge on any atom is 0.230 e. The van der Waals surface area contributed by atoms with Crippen LogP contribution in [0.25, 0.3) is 10.9 Å². The van der Waals surface area contributed by atoms with Gasteiger partial charge in [-0.3, -0.25) is 14.8 Å². The molecule has 0 radical (unpaired) electrons. The van der Waals surface area contributed by atoms with Crippen LogP contribution in [0, 0.1) is 11.6 Å². The maximum atomic E-state index is 13.4. The number of nitrogens with one attached hydrogen (secondary N) is 3. The van der Waals surface area contributed by atoms with E-state index in [-0.39, 0.29) is 18.7 Å². The van der Waals surface area contributed by atoms with Crippen molar-refractivity contribution in [3.05, 3.63) is 72.7 Å². The van der Waals surface area contributed by atoms with Gasteiger partial charge in [0.2, 0.25) is 5.91 Å². The lowest BCUT2D eigenvalue weighted by Gasteiger charge is -2.19. The minimum absolute atomic E-state index is 0.0199. The number of carbonyl (C=O) groups is 1. The molecule has 4 rings (SSSR count). The van der Waals surface area contributed by atoms with Gasteiger partial charge in [0.15, 0.2) is 17.3 Å². The zero-order chi connectivity index (χ0) is 29.2. The lowest BCUT2D eigenvalue weighted by Crippen LogP contribution is -2.29. The van der Waals surface area contributed by atoms with Gasteiger partial charge in [-0.2, -0.15) is 5.10 Å². The number of nitrogens with zero attached hydrogens (tertiary/aromatic N) is 4. The summed E-state index contributed by atoms with van der Waals surface area (Å²) in [5, 5.41) is 22.4. The molecular weight excluding hydrogens is 536 g/mol. The summed E-state index contributed by atoms with van der Waals surface area (Å²) in [6.07, 6.45) is 3.84. The molecule has 0 unspecified atom stereocenters. The van der Waals surface area contributed by atoms with Crippen molar-refractivity contribution in [3.8, 4) is 11.5 Å². The van der Waals surface area contributed by atoms with Crippen LogP contribution in [0.1, 0.15) is 12.1 Å². The second-order valence-corrected chi connectivity index (χ2v) is 9.04. The summed E-state index contributed by atoms with van der Waals surface area (Å²) in [6.45, 7) is 6.27. The lowest BCUT2D eigenvalue weighted by atomic mass is 10.2. The Hall–Kier alpha value is -4.62. The molecule has 2 heterocycles. The van der Waals surface area contributed by atoms with E-state index >= 15 is 0 Å². The van der Waals surface area contributed by atoms with Gasteiger partial charge in [0, 0.05) is 54.6 Å². The number of aromatic nitrogens is 4. The quantitative estimate of drug-likeness (QED) is 0.125. The predicted molar refractivity (Wildman–Crippen MR) is 150 cm³/mol. The van der Waals surface area contributed by atoms with E-state index in [0.717, 1.165) is 31.2 Å². The SMILES string of the molecule is C=CCN(CCO)CCCOc1cc2ncnc(Nc3cc(CC(=O)Nc4cc(F)cc(F)c4)[nH]n3)c2cc1OC. The third kappa shape index (κ3) is 8.19. The fraction of sp³-hybridized carbons (Fsp3) is 0.286. The van der Waals surface area contributed by atoms with E-state index in [4.69, 9.17) is 9.47 Å². The van der Waals surface area contributed by atoms with Crippen molar-refractivity contribution < 1.29 is 28.2 Å². The fourth-order valence-electron chi connectivity index (χ4n) is 4.17. The highest BCUT2D eigenvalue weighted by molar-refractivity contribution is 5.93. The van der Waals surface area contributed by atoms with Crippen LogP contribution in [0.15, 0.2) is 55.4 Å². The van der Waals surface area contributed by atoms with Crippen LogP contribution in [0.2, 0.25) is 0 Å². The summed E-state index contributed by atoms with van der Waals surface area (Å²) in [7, 11) is 1.54. The number of amides is 1. The molecule has 216 valence electrons. The minimum Gasteiger partial charge on any atom is -0.493 e. The van der Waals surface area contributed by atoms with Crippen LogP contribution >= 0.6 is 0 Å². The second-order valence-electron chi connectivity index (χ2n) is 9.04. The number of rotatable bonds is 15. The number of aromatic amines is 1. The molecular formula is C28H31F2N7O4. The van der Waals surface area contributed by atoms with Crippen LogP contribution in [0.4, 0.5) is 26.1 Å². The highest BCUT2D eigenvalue weighted by Crippen LogP contribution is 2.34. The van der Waals surface area contributed by atoms with E-state index in [2.05, 4.69) is 42.3 Å². The van der Waals surface area contributed by atoms with Crippen molar-refractivity contribution in [2.24, 2.45) is 0 Å². The van der Waals surface area contributed by atoms with Crippen molar-refractivity contribution in [2.75, 3.05) is 50.6 Å². The number of hydrogen-bond acceptors (Lipinski definition) is 9. The molecule has 0 saturated heterocycles. The van der Waals surface area contributed by atoms with Crippen LogP contribution in [-0.4, -0.2) is 76.0 Å². The van der Waals surface area contributed by atoms with E-state index in [1.165, 1.54) is 6.33 Å². The van der Waals surface area contributed by atoms with E-state index in [9.17, 15) is 18.7 Å². The third-order valence-corrected chi connectivity index (χ3v) is 5.98.